The monoisotopic (exact) mass is 310 g/mol. The third kappa shape index (κ3) is 2.36. The van der Waals surface area contributed by atoms with Gasteiger partial charge in [-0.1, -0.05) is 18.6 Å². The lowest BCUT2D eigenvalue weighted by Crippen LogP contribution is -2.35. The predicted octanol–water partition coefficient (Wildman–Crippen LogP) is 3.02. The summed E-state index contributed by atoms with van der Waals surface area (Å²) >= 11 is 0. The molecule has 0 radical (unpaired) electrons. The lowest BCUT2D eigenvalue weighted by Gasteiger charge is -2.23. The Balaban J connectivity index is 1.79. The first kappa shape index (κ1) is 14.5. The van der Waals surface area contributed by atoms with Crippen molar-refractivity contribution in [2.45, 2.75) is 45.8 Å². The van der Waals surface area contributed by atoms with Crippen LogP contribution < -0.4 is 5.56 Å². The average Bonchev–Trinajstić information content (AvgIpc) is 3.14. The minimum absolute atomic E-state index is 0.0191. The van der Waals surface area contributed by atoms with Crippen molar-refractivity contribution in [3.8, 4) is 0 Å². The van der Waals surface area contributed by atoms with E-state index in [2.05, 4.69) is 34.8 Å². The number of benzene rings is 1. The van der Waals surface area contributed by atoms with Crippen LogP contribution in [-0.4, -0.2) is 32.0 Å². The molecule has 1 aliphatic heterocycles. The molecule has 5 nitrogen and oxygen atoms in total. The molecule has 0 amide bonds. The van der Waals surface area contributed by atoms with Crippen molar-refractivity contribution >= 4 is 21.9 Å². The average molecular weight is 310 g/mol. The standard InChI is InChI=1S/C18H22N4O/c1-3-13-5-4-8-21(13)11-22-10-19-16-14-9-12(2)6-7-15(14)20-17(16)18(22)23/h6-7,9-10,13,20H,3-5,8,11H2,1-2H3/t13-/m1/s1. The van der Waals surface area contributed by atoms with Crippen molar-refractivity contribution in [1.82, 2.24) is 19.4 Å². The fraction of sp³-hybridized carbons (Fsp3) is 0.444. The van der Waals surface area contributed by atoms with Crippen molar-refractivity contribution in [2.75, 3.05) is 6.54 Å². The van der Waals surface area contributed by atoms with Crippen LogP contribution in [0.15, 0.2) is 29.3 Å². The van der Waals surface area contributed by atoms with E-state index in [9.17, 15) is 4.79 Å². The van der Waals surface area contributed by atoms with Gasteiger partial charge in [-0.2, -0.15) is 0 Å². The summed E-state index contributed by atoms with van der Waals surface area (Å²) in [6.07, 6.45) is 5.28. The van der Waals surface area contributed by atoms with Gasteiger partial charge in [0.1, 0.15) is 11.0 Å². The second-order valence-corrected chi connectivity index (χ2v) is 6.58. The largest absolute Gasteiger partial charge is 0.349 e. The Morgan fingerprint density at radius 3 is 3.09 bits per heavy atom. The fourth-order valence-corrected chi connectivity index (χ4v) is 3.74. The normalized spacial score (nSPS) is 19.1. The molecule has 1 aliphatic rings. The first-order chi connectivity index (χ1) is 11.2. The first-order valence-electron chi connectivity index (χ1n) is 8.39. The number of aryl methyl sites for hydroxylation is 1. The zero-order chi connectivity index (χ0) is 16.0. The van der Waals surface area contributed by atoms with Gasteiger partial charge in [0.2, 0.25) is 0 Å². The van der Waals surface area contributed by atoms with E-state index in [1.165, 1.54) is 18.4 Å². The van der Waals surface area contributed by atoms with Gasteiger partial charge in [-0.05, 0) is 38.3 Å². The van der Waals surface area contributed by atoms with E-state index < -0.39 is 0 Å². The maximum atomic E-state index is 12.8. The highest BCUT2D eigenvalue weighted by atomic mass is 16.1. The molecular weight excluding hydrogens is 288 g/mol. The van der Waals surface area contributed by atoms with E-state index in [4.69, 9.17) is 0 Å². The van der Waals surface area contributed by atoms with Gasteiger partial charge in [0.05, 0.1) is 13.0 Å². The Morgan fingerprint density at radius 1 is 1.39 bits per heavy atom. The number of likely N-dealkylation sites (tertiary alicyclic amines) is 1. The molecule has 120 valence electrons. The Morgan fingerprint density at radius 2 is 2.26 bits per heavy atom. The quantitative estimate of drug-likeness (QED) is 0.809. The molecule has 4 rings (SSSR count). The van der Waals surface area contributed by atoms with E-state index in [0.717, 1.165) is 29.4 Å². The number of aromatic nitrogens is 3. The van der Waals surface area contributed by atoms with Crippen LogP contribution in [0.2, 0.25) is 0 Å². The van der Waals surface area contributed by atoms with E-state index in [1.54, 1.807) is 10.9 Å². The van der Waals surface area contributed by atoms with Gasteiger partial charge in [0.25, 0.3) is 5.56 Å². The third-order valence-corrected chi connectivity index (χ3v) is 5.03. The number of aromatic amines is 1. The third-order valence-electron chi connectivity index (χ3n) is 5.03. The van der Waals surface area contributed by atoms with Crippen molar-refractivity contribution in [2.24, 2.45) is 0 Å². The molecule has 0 aliphatic carbocycles. The van der Waals surface area contributed by atoms with Gasteiger partial charge in [-0.3, -0.25) is 14.3 Å². The van der Waals surface area contributed by atoms with Gasteiger partial charge < -0.3 is 4.98 Å². The molecule has 2 aromatic heterocycles. The molecule has 1 saturated heterocycles. The minimum Gasteiger partial charge on any atom is -0.349 e. The summed E-state index contributed by atoms with van der Waals surface area (Å²) in [6.45, 7) is 5.97. The highest BCUT2D eigenvalue weighted by Crippen LogP contribution is 2.23. The maximum Gasteiger partial charge on any atom is 0.278 e. The second-order valence-electron chi connectivity index (χ2n) is 6.58. The molecule has 0 unspecified atom stereocenters. The Labute approximate surface area is 134 Å². The van der Waals surface area contributed by atoms with Gasteiger partial charge in [-0.15, -0.1) is 0 Å². The number of rotatable bonds is 3. The van der Waals surface area contributed by atoms with Crippen LogP contribution >= 0.6 is 0 Å². The van der Waals surface area contributed by atoms with E-state index in [1.807, 2.05) is 12.1 Å². The summed E-state index contributed by atoms with van der Waals surface area (Å²) in [7, 11) is 0. The molecule has 1 atom stereocenters. The zero-order valence-electron chi connectivity index (χ0n) is 13.7. The van der Waals surface area contributed by atoms with Crippen LogP contribution in [-0.2, 0) is 6.67 Å². The minimum atomic E-state index is 0.0191. The number of fused-ring (bicyclic) bond motifs is 3. The van der Waals surface area contributed by atoms with Crippen molar-refractivity contribution < 1.29 is 0 Å². The molecule has 3 heterocycles. The fourth-order valence-electron chi connectivity index (χ4n) is 3.74. The molecule has 0 bridgehead atoms. The van der Waals surface area contributed by atoms with Crippen molar-refractivity contribution in [1.29, 1.82) is 0 Å². The van der Waals surface area contributed by atoms with Crippen LogP contribution in [0.5, 0.6) is 0 Å². The summed E-state index contributed by atoms with van der Waals surface area (Å²) < 4.78 is 1.73. The topological polar surface area (TPSA) is 53.9 Å². The van der Waals surface area contributed by atoms with Gasteiger partial charge >= 0.3 is 0 Å². The SMILES string of the molecule is CC[C@@H]1CCCN1Cn1cnc2c([nH]c3ccc(C)cc32)c1=O. The molecule has 3 aromatic rings. The van der Waals surface area contributed by atoms with Crippen molar-refractivity contribution in [3.63, 3.8) is 0 Å². The van der Waals surface area contributed by atoms with Crippen LogP contribution in [0.3, 0.4) is 0 Å². The number of H-pyrrole nitrogens is 1. The summed E-state index contributed by atoms with van der Waals surface area (Å²) in [5, 5.41) is 1.02. The van der Waals surface area contributed by atoms with E-state index in [0.29, 0.717) is 18.2 Å². The zero-order valence-corrected chi connectivity index (χ0v) is 13.7. The Bertz CT molecular complexity index is 924. The first-order valence-corrected chi connectivity index (χ1v) is 8.39. The van der Waals surface area contributed by atoms with Crippen LogP contribution in [0.25, 0.3) is 21.9 Å². The number of nitrogens with one attached hydrogen (secondary N) is 1. The van der Waals surface area contributed by atoms with Crippen LogP contribution in [0.1, 0.15) is 31.7 Å². The van der Waals surface area contributed by atoms with Crippen LogP contribution in [0.4, 0.5) is 0 Å². The van der Waals surface area contributed by atoms with E-state index >= 15 is 0 Å². The van der Waals surface area contributed by atoms with Crippen molar-refractivity contribution in [3.05, 3.63) is 40.4 Å². The summed E-state index contributed by atoms with van der Waals surface area (Å²) in [5.41, 5.74) is 3.55. The Kier molecular flexibility index (Phi) is 3.45. The lowest BCUT2D eigenvalue weighted by molar-refractivity contribution is 0.193. The highest BCUT2D eigenvalue weighted by molar-refractivity contribution is 6.04. The van der Waals surface area contributed by atoms with Crippen LogP contribution in [0, 0.1) is 6.92 Å². The second kappa shape index (κ2) is 5.49. The molecule has 1 N–H and O–H groups in total. The smallest absolute Gasteiger partial charge is 0.278 e. The number of hydrogen-bond donors (Lipinski definition) is 1. The molecular formula is C18H22N4O. The van der Waals surface area contributed by atoms with E-state index in [-0.39, 0.29) is 5.56 Å². The van der Waals surface area contributed by atoms with Gasteiger partial charge in [0.15, 0.2) is 0 Å². The summed E-state index contributed by atoms with van der Waals surface area (Å²) in [5.74, 6) is 0. The molecule has 1 fully saturated rings. The lowest BCUT2D eigenvalue weighted by atomic mass is 10.2. The number of hydrogen-bond acceptors (Lipinski definition) is 3. The highest BCUT2D eigenvalue weighted by Gasteiger charge is 2.23. The molecule has 23 heavy (non-hydrogen) atoms. The predicted molar refractivity (Wildman–Crippen MR) is 92.6 cm³/mol. The Hall–Kier alpha value is -2.14. The van der Waals surface area contributed by atoms with Gasteiger partial charge in [-0.25, -0.2) is 4.98 Å². The summed E-state index contributed by atoms with van der Waals surface area (Å²) in [4.78, 5) is 23.0. The molecule has 5 heteroatoms. The molecule has 1 aromatic carbocycles. The summed E-state index contributed by atoms with van der Waals surface area (Å²) in [6, 6.07) is 6.73. The number of nitrogens with zero attached hydrogens (tertiary/aromatic N) is 3. The molecule has 0 spiro atoms. The van der Waals surface area contributed by atoms with Gasteiger partial charge in [0, 0.05) is 23.5 Å². The maximum absolute atomic E-state index is 12.8. The molecule has 0 saturated carbocycles.